The van der Waals surface area contributed by atoms with Crippen LogP contribution in [0.3, 0.4) is 0 Å². The highest BCUT2D eigenvalue weighted by molar-refractivity contribution is 7.91. The summed E-state index contributed by atoms with van der Waals surface area (Å²) in [5, 5.41) is 6.81. The maximum atomic E-state index is 12.8. The van der Waals surface area contributed by atoms with E-state index in [1.165, 1.54) is 24.3 Å². The van der Waals surface area contributed by atoms with E-state index >= 15 is 0 Å². The summed E-state index contributed by atoms with van der Waals surface area (Å²) in [5.41, 5.74) is 1.39. The summed E-state index contributed by atoms with van der Waals surface area (Å²) in [6.45, 7) is 2.92. The van der Waals surface area contributed by atoms with Crippen LogP contribution in [0.5, 0.6) is 0 Å². The van der Waals surface area contributed by atoms with Crippen molar-refractivity contribution in [3.8, 4) is 0 Å². The molecule has 0 saturated carbocycles. The monoisotopic (exact) mass is 369 g/mol. The van der Waals surface area contributed by atoms with Crippen molar-refractivity contribution < 1.29 is 13.2 Å². The van der Waals surface area contributed by atoms with Crippen molar-refractivity contribution >= 4 is 15.7 Å². The second kappa shape index (κ2) is 7.53. The molecule has 1 N–H and O–H groups in total. The first-order valence-electron chi connectivity index (χ1n) is 8.20. The Morgan fingerprint density at radius 3 is 2.19 bits per heavy atom. The molecule has 3 aromatic rings. The molecule has 0 fully saturated rings. The molecule has 2 aromatic carbocycles. The van der Waals surface area contributed by atoms with Crippen molar-refractivity contribution in [1.29, 1.82) is 0 Å². The van der Waals surface area contributed by atoms with E-state index < -0.39 is 9.84 Å². The summed E-state index contributed by atoms with van der Waals surface area (Å²) in [4.78, 5) is 12.1. The highest BCUT2D eigenvalue weighted by Gasteiger charge is 2.18. The first kappa shape index (κ1) is 17.9. The van der Waals surface area contributed by atoms with Gasteiger partial charge in [-0.15, -0.1) is 0 Å². The topological polar surface area (TPSA) is 81.1 Å². The molecule has 0 radical (unpaired) electrons. The number of carbonyl (C=O) groups is 1. The van der Waals surface area contributed by atoms with E-state index in [2.05, 4.69) is 10.4 Å². The van der Waals surface area contributed by atoms with Gasteiger partial charge in [-0.2, -0.15) is 5.10 Å². The van der Waals surface area contributed by atoms with E-state index in [9.17, 15) is 13.2 Å². The Kier molecular flexibility index (Phi) is 5.18. The molecule has 26 heavy (non-hydrogen) atoms. The SMILES string of the molecule is CCNC(=O)c1ccc(S(=O)(=O)c2ccc(Cn3cccn3)cc2)cc1. The van der Waals surface area contributed by atoms with Gasteiger partial charge >= 0.3 is 0 Å². The van der Waals surface area contributed by atoms with Crippen molar-refractivity contribution in [2.45, 2.75) is 23.3 Å². The average molecular weight is 369 g/mol. The van der Waals surface area contributed by atoms with Gasteiger partial charge in [-0.25, -0.2) is 8.42 Å². The van der Waals surface area contributed by atoms with Gasteiger partial charge in [0.1, 0.15) is 0 Å². The number of sulfone groups is 1. The van der Waals surface area contributed by atoms with Crippen LogP contribution < -0.4 is 5.32 Å². The van der Waals surface area contributed by atoms with Gasteiger partial charge in [0.05, 0.1) is 16.3 Å². The van der Waals surface area contributed by atoms with Gasteiger partial charge in [-0.1, -0.05) is 12.1 Å². The van der Waals surface area contributed by atoms with Crippen LogP contribution in [0, 0.1) is 0 Å². The number of benzene rings is 2. The lowest BCUT2D eigenvalue weighted by Crippen LogP contribution is -2.22. The van der Waals surface area contributed by atoms with Crippen LogP contribution in [0.2, 0.25) is 0 Å². The zero-order valence-corrected chi connectivity index (χ0v) is 15.1. The third-order valence-electron chi connectivity index (χ3n) is 3.90. The Balaban J connectivity index is 1.80. The minimum absolute atomic E-state index is 0.158. The van der Waals surface area contributed by atoms with Crippen molar-refractivity contribution in [3.63, 3.8) is 0 Å². The maximum absolute atomic E-state index is 12.8. The molecule has 3 rings (SSSR count). The molecule has 0 bridgehead atoms. The Labute approximate surface area is 152 Å². The summed E-state index contributed by atoms with van der Waals surface area (Å²) in [6, 6.07) is 14.5. The molecular weight excluding hydrogens is 350 g/mol. The molecule has 0 aliphatic heterocycles. The number of carbonyl (C=O) groups excluding carboxylic acids is 1. The van der Waals surface area contributed by atoms with Gasteiger partial charge in [0, 0.05) is 24.5 Å². The molecule has 0 saturated heterocycles. The molecule has 0 atom stereocenters. The summed E-state index contributed by atoms with van der Waals surface area (Å²) < 4.78 is 27.3. The smallest absolute Gasteiger partial charge is 0.251 e. The van der Waals surface area contributed by atoms with Crippen LogP contribution in [-0.4, -0.2) is 30.7 Å². The number of nitrogens with zero attached hydrogens (tertiary/aromatic N) is 2. The number of aromatic nitrogens is 2. The second-order valence-corrected chi connectivity index (χ2v) is 7.68. The molecule has 1 aromatic heterocycles. The minimum atomic E-state index is -3.63. The third kappa shape index (κ3) is 3.83. The van der Waals surface area contributed by atoms with Gasteiger partial charge in [0.15, 0.2) is 0 Å². The van der Waals surface area contributed by atoms with Gasteiger partial charge in [-0.3, -0.25) is 9.48 Å². The number of nitrogens with one attached hydrogen (secondary N) is 1. The van der Waals surface area contributed by atoms with Crippen molar-refractivity contribution in [1.82, 2.24) is 15.1 Å². The molecular formula is C19H19N3O3S. The molecule has 6 nitrogen and oxygen atoms in total. The fraction of sp³-hybridized carbons (Fsp3) is 0.158. The van der Waals surface area contributed by atoms with Gasteiger partial charge < -0.3 is 5.32 Å². The Morgan fingerprint density at radius 1 is 1.04 bits per heavy atom. The standard InChI is InChI=1S/C19H19N3O3S/c1-2-20-19(23)16-6-10-18(11-7-16)26(24,25)17-8-4-15(5-9-17)14-22-13-3-12-21-22/h3-13H,2,14H2,1H3,(H,20,23). The van der Waals surface area contributed by atoms with Gasteiger partial charge in [-0.05, 0) is 55.0 Å². The molecule has 0 aliphatic carbocycles. The molecule has 134 valence electrons. The summed E-state index contributed by atoms with van der Waals surface area (Å²) in [5.74, 6) is -0.223. The summed E-state index contributed by atoms with van der Waals surface area (Å²) in [6.07, 6.45) is 3.55. The van der Waals surface area contributed by atoms with E-state index in [4.69, 9.17) is 0 Å². The molecule has 0 aliphatic rings. The van der Waals surface area contributed by atoms with E-state index in [0.29, 0.717) is 18.7 Å². The minimum Gasteiger partial charge on any atom is -0.352 e. The van der Waals surface area contributed by atoms with Crippen LogP contribution >= 0.6 is 0 Å². The van der Waals surface area contributed by atoms with Crippen LogP contribution in [0.15, 0.2) is 76.8 Å². The Bertz CT molecular complexity index is 978. The predicted molar refractivity (Wildman–Crippen MR) is 97.7 cm³/mol. The average Bonchev–Trinajstić information content (AvgIpc) is 3.15. The number of hydrogen-bond acceptors (Lipinski definition) is 4. The Hall–Kier alpha value is -2.93. The Morgan fingerprint density at radius 2 is 1.65 bits per heavy atom. The normalized spacial score (nSPS) is 11.3. The highest BCUT2D eigenvalue weighted by atomic mass is 32.2. The van der Waals surface area contributed by atoms with E-state index in [1.807, 2.05) is 19.2 Å². The molecule has 1 heterocycles. The predicted octanol–water partition coefficient (Wildman–Crippen LogP) is 2.51. The van der Waals surface area contributed by atoms with Gasteiger partial charge in [0.2, 0.25) is 9.84 Å². The van der Waals surface area contributed by atoms with Crippen LogP contribution in [0.4, 0.5) is 0 Å². The van der Waals surface area contributed by atoms with E-state index in [-0.39, 0.29) is 15.7 Å². The van der Waals surface area contributed by atoms with Crippen molar-refractivity contribution in [2.75, 3.05) is 6.54 Å². The highest BCUT2D eigenvalue weighted by Crippen LogP contribution is 2.22. The zero-order chi connectivity index (χ0) is 18.6. The molecule has 7 heteroatoms. The molecule has 1 amide bonds. The number of hydrogen-bond donors (Lipinski definition) is 1. The lowest BCUT2D eigenvalue weighted by atomic mass is 10.2. The van der Waals surface area contributed by atoms with Crippen LogP contribution in [-0.2, 0) is 16.4 Å². The van der Waals surface area contributed by atoms with E-state index in [0.717, 1.165) is 5.56 Å². The first-order valence-corrected chi connectivity index (χ1v) is 9.69. The second-order valence-electron chi connectivity index (χ2n) is 5.73. The molecule has 0 unspecified atom stereocenters. The van der Waals surface area contributed by atoms with Gasteiger partial charge in [0.25, 0.3) is 5.91 Å². The fourth-order valence-electron chi connectivity index (χ4n) is 2.54. The maximum Gasteiger partial charge on any atom is 0.251 e. The lowest BCUT2D eigenvalue weighted by molar-refractivity contribution is 0.0955. The van der Waals surface area contributed by atoms with Crippen molar-refractivity contribution in [2.24, 2.45) is 0 Å². The lowest BCUT2D eigenvalue weighted by Gasteiger charge is -2.08. The third-order valence-corrected chi connectivity index (χ3v) is 5.69. The fourth-order valence-corrected chi connectivity index (χ4v) is 3.80. The van der Waals surface area contributed by atoms with Crippen LogP contribution in [0.1, 0.15) is 22.8 Å². The molecule has 0 spiro atoms. The number of rotatable bonds is 6. The zero-order valence-electron chi connectivity index (χ0n) is 14.3. The number of amides is 1. The largest absolute Gasteiger partial charge is 0.352 e. The van der Waals surface area contributed by atoms with Crippen LogP contribution in [0.25, 0.3) is 0 Å². The quantitative estimate of drug-likeness (QED) is 0.724. The van der Waals surface area contributed by atoms with E-state index in [1.54, 1.807) is 35.1 Å². The summed E-state index contributed by atoms with van der Waals surface area (Å²) in [7, 11) is -3.63. The first-order chi connectivity index (χ1) is 12.5. The summed E-state index contributed by atoms with van der Waals surface area (Å²) >= 11 is 0. The van der Waals surface area contributed by atoms with Crippen molar-refractivity contribution in [3.05, 3.63) is 78.1 Å².